The van der Waals surface area contributed by atoms with E-state index in [1.807, 2.05) is 60.7 Å². The highest BCUT2D eigenvalue weighted by Crippen LogP contribution is 2.28. The maximum atomic E-state index is 12.9. The van der Waals surface area contributed by atoms with E-state index < -0.39 is 6.04 Å². The number of benzene rings is 3. The molecule has 1 amide bonds. The van der Waals surface area contributed by atoms with Crippen LogP contribution in [-0.4, -0.2) is 13.0 Å². The van der Waals surface area contributed by atoms with E-state index in [0.717, 1.165) is 11.3 Å². The van der Waals surface area contributed by atoms with Gasteiger partial charge in [0, 0.05) is 11.4 Å². The number of amides is 1. The molecule has 0 aliphatic carbocycles. The Morgan fingerprint density at radius 1 is 0.923 bits per heavy atom. The molecule has 5 heteroatoms. The molecule has 0 unspecified atom stereocenters. The first-order chi connectivity index (χ1) is 12.7. The van der Waals surface area contributed by atoms with E-state index in [0.29, 0.717) is 16.5 Å². The van der Waals surface area contributed by atoms with Crippen molar-refractivity contribution in [2.75, 3.05) is 17.7 Å². The maximum Gasteiger partial charge on any atom is 0.251 e. The van der Waals surface area contributed by atoms with Gasteiger partial charge < -0.3 is 15.4 Å². The second-order valence-electron chi connectivity index (χ2n) is 5.69. The molecule has 1 atom stereocenters. The van der Waals surface area contributed by atoms with E-state index in [4.69, 9.17) is 16.3 Å². The number of halogens is 1. The number of ether oxygens (including phenoxy) is 1. The Morgan fingerprint density at radius 3 is 2.19 bits per heavy atom. The Balaban J connectivity index is 1.84. The standard InChI is InChI=1S/C21H19ClN2O2/c1-26-19-13-12-17(14-18(19)22)24-21(25)20(15-8-4-2-5-9-15)23-16-10-6-3-7-11-16/h2-14,20,23H,1H3,(H,24,25)/t20-/m1/s1. The van der Waals surface area contributed by atoms with E-state index >= 15 is 0 Å². The van der Waals surface area contributed by atoms with Crippen molar-refractivity contribution in [1.82, 2.24) is 0 Å². The zero-order chi connectivity index (χ0) is 18.4. The fraction of sp³-hybridized carbons (Fsp3) is 0.0952. The molecular weight excluding hydrogens is 348 g/mol. The number of hydrogen-bond donors (Lipinski definition) is 2. The third-order valence-corrected chi connectivity index (χ3v) is 4.19. The monoisotopic (exact) mass is 366 g/mol. The lowest BCUT2D eigenvalue weighted by Gasteiger charge is -2.20. The Labute approximate surface area is 157 Å². The molecule has 0 fully saturated rings. The molecule has 0 radical (unpaired) electrons. The molecule has 4 nitrogen and oxygen atoms in total. The van der Waals surface area contributed by atoms with Gasteiger partial charge in [-0.1, -0.05) is 60.1 Å². The number of carbonyl (C=O) groups excluding carboxylic acids is 1. The lowest BCUT2D eigenvalue weighted by atomic mass is 10.1. The number of nitrogens with one attached hydrogen (secondary N) is 2. The molecule has 3 aromatic rings. The summed E-state index contributed by atoms with van der Waals surface area (Å²) in [5.74, 6) is 0.382. The molecule has 0 aliphatic rings. The fourth-order valence-corrected chi connectivity index (χ4v) is 2.86. The molecule has 26 heavy (non-hydrogen) atoms. The smallest absolute Gasteiger partial charge is 0.251 e. The van der Waals surface area contributed by atoms with Crippen LogP contribution in [0.25, 0.3) is 0 Å². The fourth-order valence-electron chi connectivity index (χ4n) is 2.61. The first kappa shape index (κ1) is 17.8. The predicted molar refractivity (Wildman–Crippen MR) is 106 cm³/mol. The molecule has 0 heterocycles. The van der Waals surface area contributed by atoms with Gasteiger partial charge in [0.05, 0.1) is 12.1 Å². The molecule has 0 saturated heterocycles. The topological polar surface area (TPSA) is 50.4 Å². The Morgan fingerprint density at radius 2 is 1.58 bits per heavy atom. The average Bonchev–Trinajstić information content (AvgIpc) is 2.68. The van der Waals surface area contributed by atoms with Gasteiger partial charge in [-0.2, -0.15) is 0 Å². The van der Waals surface area contributed by atoms with Gasteiger partial charge in [0.1, 0.15) is 11.8 Å². The van der Waals surface area contributed by atoms with Gasteiger partial charge >= 0.3 is 0 Å². The number of hydrogen-bond acceptors (Lipinski definition) is 3. The van der Waals surface area contributed by atoms with E-state index in [9.17, 15) is 4.79 Å². The Hall–Kier alpha value is -2.98. The van der Waals surface area contributed by atoms with Crippen molar-refractivity contribution >= 4 is 28.9 Å². The second-order valence-corrected chi connectivity index (χ2v) is 6.10. The lowest BCUT2D eigenvalue weighted by Crippen LogP contribution is -2.27. The van der Waals surface area contributed by atoms with Crippen LogP contribution in [0.3, 0.4) is 0 Å². The molecule has 3 rings (SSSR count). The number of methoxy groups -OCH3 is 1. The Bertz CT molecular complexity index is 870. The highest BCUT2D eigenvalue weighted by molar-refractivity contribution is 6.32. The van der Waals surface area contributed by atoms with Crippen LogP contribution >= 0.6 is 11.6 Å². The van der Waals surface area contributed by atoms with Crippen molar-refractivity contribution < 1.29 is 9.53 Å². The van der Waals surface area contributed by atoms with Crippen LogP contribution in [0.2, 0.25) is 5.02 Å². The summed E-state index contributed by atoms with van der Waals surface area (Å²) in [5.41, 5.74) is 2.34. The minimum absolute atomic E-state index is 0.179. The van der Waals surface area contributed by atoms with E-state index in [2.05, 4.69) is 10.6 Å². The number of anilines is 2. The van der Waals surface area contributed by atoms with E-state index in [-0.39, 0.29) is 5.91 Å². The molecule has 3 aromatic carbocycles. The summed E-state index contributed by atoms with van der Waals surface area (Å²) in [6.45, 7) is 0. The summed E-state index contributed by atoms with van der Waals surface area (Å²) in [6, 6.07) is 23.8. The van der Waals surface area contributed by atoms with Gasteiger partial charge in [-0.05, 0) is 35.9 Å². The normalized spacial score (nSPS) is 11.5. The predicted octanol–water partition coefficient (Wildman–Crippen LogP) is 5.14. The zero-order valence-corrected chi connectivity index (χ0v) is 15.0. The molecule has 0 aliphatic heterocycles. The van der Waals surface area contributed by atoms with Crippen molar-refractivity contribution in [3.63, 3.8) is 0 Å². The van der Waals surface area contributed by atoms with Crippen molar-refractivity contribution in [1.29, 1.82) is 0 Å². The van der Waals surface area contributed by atoms with Crippen LogP contribution in [0.15, 0.2) is 78.9 Å². The summed E-state index contributed by atoms with van der Waals surface area (Å²) in [7, 11) is 1.55. The molecule has 0 aromatic heterocycles. The van der Waals surface area contributed by atoms with Crippen LogP contribution in [0.4, 0.5) is 11.4 Å². The van der Waals surface area contributed by atoms with Gasteiger partial charge in [-0.15, -0.1) is 0 Å². The quantitative estimate of drug-likeness (QED) is 0.635. The first-order valence-corrected chi connectivity index (χ1v) is 8.56. The molecule has 132 valence electrons. The highest BCUT2D eigenvalue weighted by atomic mass is 35.5. The van der Waals surface area contributed by atoms with E-state index in [1.54, 1.807) is 25.3 Å². The van der Waals surface area contributed by atoms with Gasteiger partial charge in [0.2, 0.25) is 0 Å². The van der Waals surface area contributed by atoms with Gasteiger partial charge in [-0.3, -0.25) is 4.79 Å². The number of carbonyl (C=O) groups is 1. The molecule has 2 N–H and O–H groups in total. The molecular formula is C21H19ClN2O2. The summed E-state index contributed by atoms with van der Waals surface area (Å²) in [4.78, 5) is 12.9. The van der Waals surface area contributed by atoms with Crippen LogP contribution < -0.4 is 15.4 Å². The first-order valence-electron chi connectivity index (χ1n) is 8.18. The molecule has 0 bridgehead atoms. The van der Waals surface area contributed by atoms with Gasteiger partial charge in [-0.25, -0.2) is 0 Å². The SMILES string of the molecule is COc1ccc(NC(=O)[C@H](Nc2ccccc2)c2ccccc2)cc1Cl. The molecule has 0 spiro atoms. The van der Waals surface area contributed by atoms with Crippen LogP contribution in [0.5, 0.6) is 5.75 Å². The largest absolute Gasteiger partial charge is 0.495 e. The third kappa shape index (κ3) is 4.35. The van der Waals surface area contributed by atoms with Crippen LogP contribution in [-0.2, 0) is 4.79 Å². The molecule has 0 saturated carbocycles. The second kappa shape index (κ2) is 8.41. The minimum Gasteiger partial charge on any atom is -0.495 e. The maximum absolute atomic E-state index is 12.9. The number of para-hydroxylation sites is 1. The lowest BCUT2D eigenvalue weighted by molar-refractivity contribution is -0.117. The Kier molecular flexibility index (Phi) is 5.77. The van der Waals surface area contributed by atoms with Gasteiger partial charge in [0.25, 0.3) is 5.91 Å². The average molecular weight is 367 g/mol. The minimum atomic E-state index is -0.542. The van der Waals surface area contributed by atoms with Crippen molar-refractivity contribution in [3.8, 4) is 5.75 Å². The zero-order valence-electron chi connectivity index (χ0n) is 14.3. The summed E-state index contributed by atoms with van der Waals surface area (Å²) in [5, 5.41) is 6.64. The third-order valence-electron chi connectivity index (χ3n) is 3.90. The van der Waals surface area contributed by atoms with E-state index in [1.165, 1.54) is 0 Å². The van der Waals surface area contributed by atoms with Crippen LogP contribution in [0, 0.1) is 0 Å². The highest BCUT2D eigenvalue weighted by Gasteiger charge is 2.21. The van der Waals surface area contributed by atoms with Crippen molar-refractivity contribution in [2.24, 2.45) is 0 Å². The van der Waals surface area contributed by atoms with Crippen molar-refractivity contribution in [3.05, 3.63) is 89.4 Å². The summed E-state index contributed by atoms with van der Waals surface area (Å²) in [6.07, 6.45) is 0. The van der Waals surface area contributed by atoms with Crippen LogP contribution in [0.1, 0.15) is 11.6 Å². The summed E-state index contributed by atoms with van der Waals surface area (Å²) >= 11 is 6.15. The van der Waals surface area contributed by atoms with Gasteiger partial charge in [0.15, 0.2) is 0 Å². The number of rotatable bonds is 6. The van der Waals surface area contributed by atoms with Crippen molar-refractivity contribution in [2.45, 2.75) is 6.04 Å². The summed E-state index contributed by atoms with van der Waals surface area (Å²) < 4.78 is 5.14.